The van der Waals surface area contributed by atoms with Crippen molar-refractivity contribution in [2.24, 2.45) is 0 Å². The van der Waals surface area contributed by atoms with Gasteiger partial charge in [0.1, 0.15) is 5.82 Å². The van der Waals surface area contributed by atoms with E-state index in [9.17, 15) is 9.18 Å². The minimum absolute atomic E-state index is 0.149. The van der Waals surface area contributed by atoms with E-state index in [1.54, 1.807) is 13.0 Å². The third-order valence-electron chi connectivity index (χ3n) is 5.92. The van der Waals surface area contributed by atoms with Crippen molar-refractivity contribution in [1.29, 1.82) is 0 Å². The number of nitrogens with one attached hydrogen (secondary N) is 1. The normalized spacial score (nSPS) is 11.1. The molecule has 1 amide bonds. The number of aromatic nitrogens is 3. The van der Waals surface area contributed by atoms with Crippen LogP contribution in [-0.2, 0) is 11.2 Å². The van der Waals surface area contributed by atoms with Crippen LogP contribution in [0.2, 0.25) is 0 Å². The first-order valence-corrected chi connectivity index (χ1v) is 11.4. The van der Waals surface area contributed by atoms with E-state index in [0.29, 0.717) is 30.2 Å². The number of halogens is 1. The molecule has 4 aromatic rings. The second-order valence-electron chi connectivity index (χ2n) is 8.50. The van der Waals surface area contributed by atoms with Gasteiger partial charge in [-0.1, -0.05) is 12.1 Å². The predicted molar refractivity (Wildman–Crippen MR) is 132 cm³/mol. The zero-order valence-electron chi connectivity index (χ0n) is 20.2. The van der Waals surface area contributed by atoms with Gasteiger partial charge in [0.25, 0.3) is 0 Å². The highest BCUT2D eigenvalue weighted by molar-refractivity contribution is 5.92. The molecule has 0 bridgehead atoms. The number of fused-ring (bicyclic) bond motifs is 1. The van der Waals surface area contributed by atoms with Crippen molar-refractivity contribution in [3.63, 3.8) is 0 Å². The summed E-state index contributed by atoms with van der Waals surface area (Å²) in [5.74, 6) is 0.0457. The maximum atomic E-state index is 13.4. The molecule has 4 rings (SSSR count). The largest absolute Gasteiger partial charge is 0.478 e. The van der Waals surface area contributed by atoms with Crippen LogP contribution in [0, 0.1) is 33.5 Å². The van der Waals surface area contributed by atoms with E-state index >= 15 is 0 Å². The topological polar surface area (TPSA) is 69.0 Å². The fraction of sp³-hybridized carbons (Fsp3) is 0.296. The smallest absolute Gasteiger partial charge is 0.224 e. The summed E-state index contributed by atoms with van der Waals surface area (Å²) in [7, 11) is 0. The lowest BCUT2D eigenvalue weighted by Gasteiger charge is -2.14. The van der Waals surface area contributed by atoms with Crippen LogP contribution < -0.4 is 10.1 Å². The highest BCUT2D eigenvalue weighted by Gasteiger charge is 2.21. The predicted octanol–water partition coefficient (Wildman–Crippen LogP) is 5.76. The lowest BCUT2D eigenvalue weighted by Crippen LogP contribution is -2.14. The summed E-state index contributed by atoms with van der Waals surface area (Å²) in [5, 5.41) is 8.60. The third-order valence-corrected chi connectivity index (χ3v) is 5.92. The van der Waals surface area contributed by atoms with Crippen molar-refractivity contribution >= 4 is 22.6 Å². The minimum Gasteiger partial charge on any atom is -0.478 e. The zero-order chi connectivity index (χ0) is 24.4. The first-order chi connectivity index (χ1) is 16.3. The molecule has 0 aliphatic carbocycles. The van der Waals surface area contributed by atoms with Crippen molar-refractivity contribution in [3.8, 4) is 11.6 Å². The standard InChI is InChI=1S/C27H29FN4O2/c1-6-34-27-22(11-13-24(33)29-23-12-10-20(28)15-17(23)3)18(4)25-19(5)31-32(26(25)30-27)21-9-7-8-16(2)14-21/h7-10,12,14-15H,6,11,13H2,1-5H3,(H,29,33). The van der Waals surface area contributed by atoms with Gasteiger partial charge in [-0.2, -0.15) is 10.1 Å². The van der Waals surface area contributed by atoms with Gasteiger partial charge in [0, 0.05) is 23.1 Å². The number of rotatable bonds is 7. The van der Waals surface area contributed by atoms with Crippen LogP contribution >= 0.6 is 0 Å². The summed E-state index contributed by atoms with van der Waals surface area (Å²) in [6, 6.07) is 12.4. The quantitative estimate of drug-likeness (QED) is 0.381. The van der Waals surface area contributed by atoms with Crippen LogP contribution in [0.1, 0.15) is 41.3 Å². The molecule has 0 aliphatic heterocycles. The van der Waals surface area contributed by atoms with E-state index in [-0.39, 0.29) is 18.1 Å². The van der Waals surface area contributed by atoms with Crippen LogP contribution in [0.15, 0.2) is 42.5 Å². The molecular formula is C27H29FN4O2. The highest BCUT2D eigenvalue weighted by Crippen LogP contribution is 2.32. The van der Waals surface area contributed by atoms with Crippen LogP contribution in [0.5, 0.6) is 5.88 Å². The Balaban J connectivity index is 1.67. The fourth-order valence-electron chi connectivity index (χ4n) is 4.24. The molecule has 34 heavy (non-hydrogen) atoms. The van der Waals surface area contributed by atoms with Gasteiger partial charge in [0.2, 0.25) is 11.8 Å². The van der Waals surface area contributed by atoms with Gasteiger partial charge in [-0.25, -0.2) is 9.07 Å². The molecule has 0 atom stereocenters. The molecule has 0 radical (unpaired) electrons. The number of ether oxygens (including phenoxy) is 1. The average molecular weight is 461 g/mol. The summed E-state index contributed by atoms with van der Waals surface area (Å²) in [5.41, 5.74) is 6.88. The van der Waals surface area contributed by atoms with Crippen LogP contribution in [0.25, 0.3) is 16.7 Å². The van der Waals surface area contributed by atoms with Gasteiger partial charge in [-0.3, -0.25) is 4.79 Å². The summed E-state index contributed by atoms with van der Waals surface area (Å²) >= 11 is 0. The van der Waals surface area contributed by atoms with Crippen LogP contribution in [0.3, 0.4) is 0 Å². The molecule has 0 fully saturated rings. The van der Waals surface area contributed by atoms with E-state index in [0.717, 1.165) is 39.1 Å². The van der Waals surface area contributed by atoms with Crippen molar-refractivity contribution in [2.45, 2.75) is 47.5 Å². The fourth-order valence-corrected chi connectivity index (χ4v) is 4.24. The number of hydrogen-bond acceptors (Lipinski definition) is 4. The van der Waals surface area contributed by atoms with Gasteiger partial charge in [0.15, 0.2) is 5.65 Å². The van der Waals surface area contributed by atoms with Gasteiger partial charge >= 0.3 is 0 Å². The van der Waals surface area contributed by atoms with Crippen molar-refractivity contribution in [1.82, 2.24) is 14.8 Å². The number of benzene rings is 2. The van der Waals surface area contributed by atoms with E-state index in [1.807, 2.05) is 50.6 Å². The summed E-state index contributed by atoms with van der Waals surface area (Å²) in [6.07, 6.45) is 0.710. The Kier molecular flexibility index (Phi) is 6.63. The Morgan fingerprint density at radius 3 is 2.62 bits per heavy atom. The highest BCUT2D eigenvalue weighted by atomic mass is 19.1. The molecule has 6 nitrogen and oxygen atoms in total. The average Bonchev–Trinajstić information content (AvgIpc) is 3.12. The SMILES string of the molecule is CCOc1nc2c(c(C)nn2-c2cccc(C)c2)c(C)c1CCC(=O)Nc1ccc(F)cc1C. The first-order valence-electron chi connectivity index (χ1n) is 11.4. The van der Waals surface area contributed by atoms with Crippen molar-refractivity contribution in [2.75, 3.05) is 11.9 Å². The number of nitrogens with zero attached hydrogens (tertiary/aromatic N) is 3. The number of amides is 1. The molecule has 0 spiro atoms. The number of aryl methyl sites for hydroxylation is 4. The Bertz CT molecular complexity index is 1380. The molecule has 2 aromatic heterocycles. The Labute approximate surface area is 198 Å². The molecular weight excluding hydrogens is 431 g/mol. The van der Waals surface area contributed by atoms with Gasteiger partial charge in [-0.05, 0) is 88.1 Å². The monoisotopic (exact) mass is 460 g/mol. The van der Waals surface area contributed by atoms with Gasteiger partial charge < -0.3 is 10.1 Å². The Morgan fingerprint density at radius 2 is 1.91 bits per heavy atom. The molecule has 7 heteroatoms. The van der Waals surface area contributed by atoms with E-state index in [2.05, 4.69) is 11.4 Å². The number of carbonyl (C=O) groups excluding carboxylic acids is 1. The maximum Gasteiger partial charge on any atom is 0.224 e. The number of pyridine rings is 1. The summed E-state index contributed by atoms with van der Waals surface area (Å²) < 4.78 is 21.1. The second-order valence-corrected chi connectivity index (χ2v) is 8.50. The van der Waals surface area contributed by atoms with Crippen molar-refractivity contribution < 1.29 is 13.9 Å². The molecule has 0 saturated heterocycles. The number of anilines is 1. The number of hydrogen-bond donors (Lipinski definition) is 1. The van der Waals surface area contributed by atoms with Crippen molar-refractivity contribution in [3.05, 3.63) is 76.2 Å². The molecule has 176 valence electrons. The molecule has 1 N–H and O–H groups in total. The summed E-state index contributed by atoms with van der Waals surface area (Å²) in [6.45, 7) is 10.2. The first kappa shape index (κ1) is 23.4. The molecule has 0 saturated carbocycles. The molecule has 2 heterocycles. The van der Waals surface area contributed by atoms with Gasteiger partial charge in [0.05, 0.1) is 18.0 Å². The van der Waals surface area contributed by atoms with E-state index < -0.39 is 0 Å². The maximum absolute atomic E-state index is 13.4. The van der Waals surface area contributed by atoms with E-state index in [4.69, 9.17) is 14.8 Å². The Hall–Kier alpha value is -3.74. The molecule has 0 aliphatic rings. The van der Waals surface area contributed by atoms with Crippen LogP contribution in [0.4, 0.5) is 10.1 Å². The zero-order valence-corrected chi connectivity index (χ0v) is 20.2. The lowest BCUT2D eigenvalue weighted by atomic mass is 10.0. The van der Waals surface area contributed by atoms with Crippen LogP contribution in [-0.4, -0.2) is 27.3 Å². The molecule has 2 aromatic carbocycles. The van der Waals surface area contributed by atoms with Gasteiger partial charge in [-0.15, -0.1) is 0 Å². The third kappa shape index (κ3) is 4.64. The van der Waals surface area contributed by atoms with E-state index in [1.165, 1.54) is 12.1 Å². The number of carbonyl (C=O) groups is 1. The molecule has 0 unspecified atom stereocenters. The second kappa shape index (κ2) is 9.63. The summed E-state index contributed by atoms with van der Waals surface area (Å²) in [4.78, 5) is 17.5. The minimum atomic E-state index is -0.326. The Morgan fingerprint density at radius 1 is 1.12 bits per heavy atom. The lowest BCUT2D eigenvalue weighted by molar-refractivity contribution is -0.116.